The Morgan fingerprint density at radius 2 is 0.974 bits per heavy atom. The molecule has 0 saturated heterocycles. The average molecular weight is 573 g/mol. The lowest BCUT2D eigenvalue weighted by atomic mass is 9.80. The molecule has 1 heterocycles. The fourth-order valence-electron chi connectivity index (χ4n) is 4.31. The Labute approximate surface area is 249 Å². The summed E-state index contributed by atoms with van der Waals surface area (Å²) in [6.45, 7) is 18.2. The number of aromatic nitrogens is 3. The summed E-state index contributed by atoms with van der Waals surface area (Å²) in [7, 11) is 0. The Kier molecular flexibility index (Phi) is 15.2. The molecule has 1 N–H and O–H groups in total. The summed E-state index contributed by atoms with van der Waals surface area (Å²) < 4.78 is 0. The van der Waals surface area contributed by atoms with Crippen LogP contribution in [0.2, 0.25) is 0 Å². The van der Waals surface area contributed by atoms with Gasteiger partial charge in [-0.3, -0.25) is 0 Å². The Bertz CT molecular complexity index is 895. The van der Waals surface area contributed by atoms with Gasteiger partial charge < -0.3 is 5.32 Å². The van der Waals surface area contributed by atoms with E-state index < -0.39 is 0 Å². The highest BCUT2D eigenvalue weighted by molar-refractivity contribution is 7.99. The van der Waals surface area contributed by atoms with Crippen molar-refractivity contribution in [3.05, 3.63) is 29.3 Å². The molecule has 0 aliphatic carbocycles. The number of hydrogen-bond acceptors (Lipinski definition) is 6. The molecule has 0 radical (unpaired) electrons. The van der Waals surface area contributed by atoms with Crippen LogP contribution in [0.3, 0.4) is 0 Å². The molecule has 0 spiro atoms. The van der Waals surface area contributed by atoms with E-state index in [1.165, 1.54) is 88.2 Å². The van der Waals surface area contributed by atoms with Gasteiger partial charge in [0.15, 0.2) is 10.3 Å². The lowest BCUT2D eigenvalue weighted by Crippen LogP contribution is -2.17. The van der Waals surface area contributed by atoms with Gasteiger partial charge in [0.1, 0.15) is 0 Å². The zero-order valence-corrected chi connectivity index (χ0v) is 27.9. The third-order valence-corrected chi connectivity index (χ3v) is 8.84. The second kappa shape index (κ2) is 17.5. The summed E-state index contributed by atoms with van der Waals surface area (Å²) in [5.74, 6) is 2.78. The maximum atomic E-state index is 4.85. The van der Waals surface area contributed by atoms with Crippen LogP contribution in [0, 0.1) is 0 Å². The molecular weight excluding hydrogens is 517 g/mol. The van der Waals surface area contributed by atoms with Crippen molar-refractivity contribution in [2.24, 2.45) is 0 Å². The highest BCUT2D eigenvalue weighted by Gasteiger charge is 2.21. The third-order valence-electron chi connectivity index (χ3n) is 6.97. The first-order valence-electron chi connectivity index (χ1n) is 15.5. The van der Waals surface area contributed by atoms with Gasteiger partial charge in [0, 0.05) is 17.2 Å². The summed E-state index contributed by atoms with van der Waals surface area (Å²) in [6.07, 6.45) is 15.7. The van der Waals surface area contributed by atoms with Crippen molar-refractivity contribution >= 4 is 35.2 Å². The minimum absolute atomic E-state index is 0.0626. The second-order valence-corrected chi connectivity index (χ2v) is 15.0. The largest absolute Gasteiger partial charge is 0.324 e. The van der Waals surface area contributed by atoms with Crippen LogP contribution < -0.4 is 5.32 Å². The SMILES string of the molecule is CCCCCCCCSc1nc(Nc2cc(C(C)(C)C)cc(C(C)(C)C)c2)nc(SCCCCCCCC)n1. The van der Waals surface area contributed by atoms with Gasteiger partial charge >= 0.3 is 0 Å². The van der Waals surface area contributed by atoms with Crippen molar-refractivity contribution in [1.29, 1.82) is 0 Å². The van der Waals surface area contributed by atoms with Crippen LogP contribution in [-0.4, -0.2) is 26.5 Å². The van der Waals surface area contributed by atoms with Gasteiger partial charge in [-0.1, -0.05) is 149 Å². The molecule has 220 valence electrons. The first kappa shape index (κ1) is 33.9. The lowest BCUT2D eigenvalue weighted by molar-refractivity contribution is 0.569. The predicted molar refractivity (Wildman–Crippen MR) is 175 cm³/mol. The van der Waals surface area contributed by atoms with Crippen molar-refractivity contribution in [3.8, 4) is 0 Å². The highest BCUT2D eigenvalue weighted by atomic mass is 32.2. The fraction of sp³-hybridized carbons (Fsp3) is 0.727. The molecule has 0 unspecified atom stereocenters. The maximum Gasteiger partial charge on any atom is 0.232 e. The van der Waals surface area contributed by atoms with E-state index in [0.29, 0.717) is 5.95 Å². The van der Waals surface area contributed by atoms with E-state index in [-0.39, 0.29) is 10.8 Å². The fourth-order valence-corrected chi connectivity index (χ4v) is 6.03. The summed E-state index contributed by atoms with van der Waals surface area (Å²) in [5.41, 5.74) is 3.82. The summed E-state index contributed by atoms with van der Waals surface area (Å²) >= 11 is 3.55. The first-order valence-corrected chi connectivity index (χ1v) is 17.4. The number of benzene rings is 1. The van der Waals surface area contributed by atoms with Gasteiger partial charge in [0.2, 0.25) is 5.95 Å². The van der Waals surface area contributed by atoms with Crippen molar-refractivity contribution in [3.63, 3.8) is 0 Å². The number of thioether (sulfide) groups is 2. The van der Waals surface area contributed by atoms with Gasteiger partial charge in [0.05, 0.1) is 0 Å². The standard InChI is InChI=1S/C33H56N4S2/c1-9-11-13-15-17-19-21-38-30-35-29(36-31(37-30)39-22-20-18-16-14-12-10-2)34-28-24-26(32(3,4)5)23-27(25-28)33(6,7)8/h23-25H,9-22H2,1-8H3,(H,34,35,36,37). The molecule has 2 rings (SSSR count). The topological polar surface area (TPSA) is 50.7 Å². The van der Waals surface area contributed by atoms with Crippen molar-refractivity contribution in [1.82, 2.24) is 15.0 Å². The normalized spacial score (nSPS) is 12.2. The molecule has 1 aromatic carbocycles. The molecule has 0 fully saturated rings. The number of rotatable bonds is 18. The predicted octanol–water partition coefficient (Wildman–Crippen LogP) is 11.1. The smallest absolute Gasteiger partial charge is 0.232 e. The van der Waals surface area contributed by atoms with Crippen molar-refractivity contribution in [2.45, 2.75) is 154 Å². The second-order valence-electron chi connectivity index (χ2n) is 12.9. The number of anilines is 2. The van der Waals surface area contributed by atoms with Crippen LogP contribution in [0.4, 0.5) is 11.6 Å². The summed E-state index contributed by atoms with van der Waals surface area (Å²) in [4.78, 5) is 14.6. The highest BCUT2D eigenvalue weighted by Crippen LogP contribution is 2.33. The zero-order valence-electron chi connectivity index (χ0n) is 26.3. The minimum atomic E-state index is 0.0626. The Morgan fingerprint density at radius 3 is 1.38 bits per heavy atom. The molecule has 0 atom stereocenters. The molecule has 0 aliphatic rings. The maximum absolute atomic E-state index is 4.85. The average Bonchev–Trinajstić information content (AvgIpc) is 2.86. The van der Waals surface area contributed by atoms with E-state index in [9.17, 15) is 0 Å². The molecule has 0 saturated carbocycles. The Balaban J connectivity index is 2.17. The molecule has 6 heteroatoms. The Hall–Kier alpha value is -1.27. The number of hydrogen-bond donors (Lipinski definition) is 1. The number of nitrogens with one attached hydrogen (secondary N) is 1. The van der Waals surface area contributed by atoms with Gasteiger partial charge in [-0.25, -0.2) is 0 Å². The molecule has 2 aromatic rings. The van der Waals surface area contributed by atoms with Gasteiger partial charge in [0.25, 0.3) is 0 Å². The van der Waals surface area contributed by atoms with Crippen molar-refractivity contribution < 1.29 is 0 Å². The lowest BCUT2D eigenvalue weighted by Gasteiger charge is -2.26. The Morgan fingerprint density at radius 1 is 0.564 bits per heavy atom. The van der Waals surface area contributed by atoms with E-state index in [1.807, 2.05) is 0 Å². The van der Waals surface area contributed by atoms with Gasteiger partial charge in [-0.15, -0.1) is 0 Å². The molecular formula is C33H56N4S2. The third kappa shape index (κ3) is 13.8. The zero-order chi connectivity index (χ0) is 28.7. The van der Waals surface area contributed by atoms with E-state index >= 15 is 0 Å². The molecule has 0 aliphatic heterocycles. The van der Waals surface area contributed by atoms with E-state index in [1.54, 1.807) is 23.5 Å². The summed E-state index contributed by atoms with van der Waals surface area (Å²) in [5, 5.41) is 5.25. The monoisotopic (exact) mass is 572 g/mol. The van der Waals surface area contributed by atoms with Crippen LogP contribution in [0.25, 0.3) is 0 Å². The molecule has 0 amide bonds. The van der Waals surface area contributed by atoms with Crippen LogP contribution in [0.1, 0.15) is 144 Å². The van der Waals surface area contributed by atoms with E-state index in [0.717, 1.165) is 27.5 Å². The summed E-state index contributed by atoms with van der Waals surface area (Å²) in [6, 6.07) is 6.86. The van der Waals surface area contributed by atoms with E-state index in [4.69, 9.17) is 15.0 Å². The van der Waals surface area contributed by atoms with Crippen LogP contribution >= 0.6 is 23.5 Å². The van der Waals surface area contributed by atoms with Crippen molar-refractivity contribution in [2.75, 3.05) is 16.8 Å². The molecule has 0 bridgehead atoms. The minimum Gasteiger partial charge on any atom is -0.324 e. The molecule has 39 heavy (non-hydrogen) atoms. The van der Waals surface area contributed by atoms with Crippen LogP contribution in [0.15, 0.2) is 28.5 Å². The first-order chi connectivity index (χ1) is 18.5. The molecule has 1 aromatic heterocycles. The van der Waals surface area contributed by atoms with Gasteiger partial charge in [-0.05, 0) is 46.9 Å². The van der Waals surface area contributed by atoms with Gasteiger partial charge in [-0.2, -0.15) is 15.0 Å². The number of nitrogens with zero attached hydrogens (tertiary/aromatic N) is 3. The molecule has 4 nitrogen and oxygen atoms in total. The van der Waals surface area contributed by atoms with Crippen LogP contribution in [0.5, 0.6) is 0 Å². The quantitative estimate of drug-likeness (QED) is 0.142. The van der Waals surface area contributed by atoms with E-state index in [2.05, 4.69) is 78.9 Å². The van der Waals surface area contributed by atoms with Crippen LogP contribution in [-0.2, 0) is 10.8 Å². The number of unbranched alkanes of at least 4 members (excludes halogenated alkanes) is 10.